The third kappa shape index (κ3) is 3.63. The maximum atomic E-state index is 12.4. The Morgan fingerprint density at radius 2 is 1.86 bits per heavy atom. The van der Waals surface area contributed by atoms with Crippen LogP contribution < -0.4 is 5.32 Å². The van der Waals surface area contributed by atoms with Crippen LogP contribution in [0.25, 0.3) is 4.85 Å². The third-order valence-electron chi connectivity index (χ3n) is 4.58. The Bertz CT molecular complexity index is 560. The van der Waals surface area contributed by atoms with E-state index >= 15 is 0 Å². The molecule has 1 aliphatic rings. The second-order valence-electron chi connectivity index (χ2n) is 6.08. The van der Waals surface area contributed by atoms with Gasteiger partial charge in [0.1, 0.15) is 6.16 Å². The number of hydrogen-bond donors (Lipinski definition) is 1. The minimum atomic E-state index is -1.03. The molecule has 1 amide bonds. The normalized spacial score (nSPS) is 16.5. The molecule has 1 fully saturated rings. The van der Waals surface area contributed by atoms with Gasteiger partial charge in [-0.05, 0) is 44.7 Å². The molecule has 0 spiro atoms. The topological polar surface area (TPSA) is 33.5 Å². The summed E-state index contributed by atoms with van der Waals surface area (Å²) in [6.07, 6.45) is 7.08. The molecule has 1 aromatic carbocycles. The molecular formula is C17H24N2OP+. The maximum Gasteiger partial charge on any atom is 0.261 e. The number of aryl methyl sites for hydroxylation is 2. The second-order valence-corrected chi connectivity index (χ2v) is 10.6. The predicted octanol–water partition coefficient (Wildman–Crippen LogP) is 4.62. The molecule has 3 nitrogen and oxygen atoms in total. The summed E-state index contributed by atoms with van der Waals surface area (Å²) in [4.78, 5) is 15.9. The fourth-order valence-electron chi connectivity index (χ4n) is 3.28. The largest absolute Gasteiger partial charge is 0.323 e. The Hall–Kier alpha value is -1.39. The summed E-state index contributed by atoms with van der Waals surface area (Å²) < 4.78 is 0. The Labute approximate surface area is 128 Å². The van der Waals surface area contributed by atoms with Gasteiger partial charge in [-0.15, -0.1) is 0 Å². The first-order valence-corrected chi connectivity index (χ1v) is 10.2. The number of anilines is 1. The number of carbonyl (C=O) groups is 1. The molecule has 0 atom stereocenters. The minimum absolute atomic E-state index is 0.161. The summed E-state index contributed by atoms with van der Waals surface area (Å²) in [5.41, 5.74) is 3.48. The van der Waals surface area contributed by atoms with Crippen molar-refractivity contribution in [2.24, 2.45) is 0 Å². The van der Waals surface area contributed by atoms with Crippen LogP contribution in [0.2, 0.25) is 0 Å². The number of benzene rings is 1. The second kappa shape index (κ2) is 6.58. The van der Waals surface area contributed by atoms with Gasteiger partial charge in [-0.1, -0.05) is 12.1 Å². The van der Waals surface area contributed by atoms with Gasteiger partial charge in [-0.25, -0.2) is 4.85 Å². The zero-order valence-electron chi connectivity index (χ0n) is 13.2. The highest BCUT2D eigenvalue weighted by Gasteiger charge is 2.41. The predicted molar refractivity (Wildman–Crippen MR) is 92.1 cm³/mol. The van der Waals surface area contributed by atoms with Crippen molar-refractivity contribution in [2.45, 2.75) is 33.6 Å². The highest BCUT2D eigenvalue weighted by molar-refractivity contribution is 7.76. The number of rotatable bonds is 4. The quantitative estimate of drug-likeness (QED) is 0.639. The van der Waals surface area contributed by atoms with Crippen molar-refractivity contribution in [3.63, 3.8) is 0 Å². The van der Waals surface area contributed by atoms with Crippen LogP contribution in [0.5, 0.6) is 0 Å². The zero-order valence-corrected chi connectivity index (χ0v) is 14.1. The Morgan fingerprint density at radius 3 is 2.33 bits per heavy atom. The van der Waals surface area contributed by atoms with Crippen molar-refractivity contribution in [1.82, 2.24) is 0 Å². The van der Waals surface area contributed by atoms with Crippen LogP contribution in [0.4, 0.5) is 11.4 Å². The van der Waals surface area contributed by atoms with E-state index in [1.165, 1.54) is 31.3 Å². The van der Waals surface area contributed by atoms with E-state index in [2.05, 4.69) is 17.1 Å². The molecule has 0 bridgehead atoms. The van der Waals surface area contributed by atoms with E-state index < -0.39 is 7.26 Å². The van der Waals surface area contributed by atoms with Gasteiger partial charge in [-0.2, -0.15) is 0 Å². The standard InChI is InChI=1S/C17H23N2OP/c1-5-21(8-6-7-9-21)12-16(20)19-17-13(2)10-15(18-4)11-14(17)3/h10-11H,5-9,12H2,1-3H3/p+1. The van der Waals surface area contributed by atoms with Gasteiger partial charge < -0.3 is 5.32 Å². The van der Waals surface area contributed by atoms with Crippen LogP contribution in [-0.4, -0.2) is 30.6 Å². The Balaban J connectivity index is 2.11. The number of nitrogens with one attached hydrogen (secondary N) is 1. The lowest BCUT2D eigenvalue weighted by molar-refractivity contribution is -0.113. The Kier molecular flexibility index (Phi) is 5.01. The first-order valence-electron chi connectivity index (χ1n) is 7.63. The van der Waals surface area contributed by atoms with E-state index in [0.29, 0.717) is 5.69 Å². The summed E-state index contributed by atoms with van der Waals surface area (Å²) in [5, 5.41) is 3.10. The van der Waals surface area contributed by atoms with Crippen molar-refractivity contribution >= 4 is 24.5 Å². The van der Waals surface area contributed by atoms with Crippen LogP contribution in [-0.2, 0) is 4.79 Å². The number of carbonyl (C=O) groups excluding carboxylic acids is 1. The molecule has 112 valence electrons. The van der Waals surface area contributed by atoms with Gasteiger partial charge in [0.05, 0.1) is 25.1 Å². The monoisotopic (exact) mass is 303 g/mol. The van der Waals surface area contributed by atoms with E-state index in [9.17, 15) is 4.79 Å². The molecule has 1 aromatic rings. The fourth-order valence-corrected chi connectivity index (χ4v) is 7.15. The van der Waals surface area contributed by atoms with Crippen LogP contribution in [0.15, 0.2) is 12.1 Å². The van der Waals surface area contributed by atoms with E-state index in [4.69, 9.17) is 6.57 Å². The van der Waals surface area contributed by atoms with Gasteiger partial charge >= 0.3 is 0 Å². The number of nitrogens with zero attached hydrogens (tertiary/aromatic N) is 1. The molecule has 1 N–H and O–H groups in total. The molecule has 1 saturated heterocycles. The molecule has 0 unspecified atom stereocenters. The van der Waals surface area contributed by atoms with E-state index in [0.717, 1.165) is 23.0 Å². The lowest BCUT2D eigenvalue weighted by atomic mass is 10.1. The highest BCUT2D eigenvalue weighted by atomic mass is 31.2. The lowest BCUT2D eigenvalue weighted by Crippen LogP contribution is -2.21. The van der Waals surface area contributed by atoms with Crippen molar-refractivity contribution in [3.8, 4) is 0 Å². The van der Waals surface area contributed by atoms with Gasteiger partial charge in [0.2, 0.25) is 0 Å². The molecule has 0 aromatic heterocycles. The third-order valence-corrected chi connectivity index (χ3v) is 9.41. The molecule has 4 heteroatoms. The van der Waals surface area contributed by atoms with Crippen LogP contribution >= 0.6 is 7.26 Å². The van der Waals surface area contributed by atoms with Crippen LogP contribution in [0.1, 0.15) is 30.9 Å². The summed E-state index contributed by atoms with van der Waals surface area (Å²) in [6, 6.07) is 3.69. The lowest BCUT2D eigenvalue weighted by Gasteiger charge is -2.20. The van der Waals surface area contributed by atoms with Gasteiger partial charge in [-0.3, -0.25) is 4.79 Å². The summed E-state index contributed by atoms with van der Waals surface area (Å²) in [7, 11) is -1.03. The molecular weight excluding hydrogens is 279 g/mol. The van der Waals surface area contributed by atoms with Gasteiger partial charge in [0.25, 0.3) is 5.91 Å². The smallest absolute Gasteiger partial charge is 0.261 e. The average molecular weight is 303 g/mol. The maximum absolute atomic E-state index is 12.4. The average Bonchev–Trinajstić information content (AvgIpc) is 2.91. The first-order chi connectivity index (χ1) is 9.99. The first kappa shape index (κ1) is 16.0. The summed E-state index contributed by atoms with van der Waals surface area (Å²) >= 11 is 0. The van der Waals surface area contributed by atoms with Crippen LogP contribution in [0.3, 0.4) is 0 Å². The molecule has 0 aliphatic carbocycles. The van der Waals surface area contributed by atoms with E-state index in [-0.39, 0.29) is 5.91 Å². The van der Waals surface area contributed by atoms with Crippen LogP contribution in [0, 0.1) is 20.4 Å². The number of hydrogen-bond acceptors (Lipinski definition) is 1. The van der Waals surface area contributed by atoms with Crippen molar-refractivity contribution in [1.29, 1.82) is 0 Å². The molecule has 0 radical (unpaired) electrons. The van der Waals surface area contributed by atoms with Crippen molar-refractivity contribution < 1.29 is 4.79 Å². The molecule has 2 rings (SSSR count). The van der Waals surface area contributed by atoms with E-state index in [1.54, 1.807) is 0 Å². The van der Waals surface area contributed by atoms with E-state index in [1.807, 2.05) is 26.0 Å². The van der Waals surface area contributed by atoms with Crippen molar-refractivity contribution in [2.75, 3.05) is 30.0 Å². The van der Waals surface area contributed by atoms with Crippen molar-refractivity contribution in [3.05, 3.63) is 34.7 Å². The Morgan fingerprint density at radius 1 is 1.29 bits per heavy atom. The molecule has 21 heavy (non-hydrogen) atoms. The zero-order chi connectivity index (χ0) is 15.5. The molecule has 1 heterocycles. The molecule has 1 aliphatic heterocycles. The number of amides is 1. The molecule has 0 saturated carbocycles. The highest BCUT2D eigenvalue weighted by Crippen LogP contribution is 2.63. The summed E-state index contributed by atoms with van der Waals surface area (Å²) in [6.45, 7) is 13.2. The minimum Gasteiger partial charge on any atom is -0.323 e. The summed E-state index contributed by atoms with van der Waals surface area (Å²) in [5.74, 6) is 0.161. The van der Waals surface area contributed by atoms with Gasteiger partial charge in [0, 0.05) is 12.9 Å². The fraction of sp³-hybridized carbons (Fsp3) is 0.529. The SMILES string of the molecule is [C-]#[N+]c1cc(C)c(NC(=O)C[P+]2(CC)CCCC2)c(C)c1. The van der Waals surface area contributed by atoms with Gasteiger partial charge in [0.15, 0.2) is 5.69 Å².